The van der Waals surface area contributed by atoms with Crippen molar-refractivity contribution in [3.8, 4) is 0 Å². The fourth-order valence-electron chi connectivity index (χ4n) is 4.22. The van der Waals surface area contributed by atoms with Gasteiger partial charge in [-0.1, -0.05) is 19.3 Å². The Labute approximate surface area is 144 Å². The molecule has 1 aromatic heterocycles. The van der Waals surface area contributed by atoms with Crippen LogP contribution in [0.4, 0.5) is 5.82 Å². The quantitative estimate of drug-likeness (QED) is 0.831. The van der Waals surface area contributed by atoms with Gasteiger partial charge in [0.15, 0.2) is 5.82 Å². The highest BCUT2D eigenvalue weighted by Gasteiger charge is 2.35. The predicted molar refractivity (Wildman–Crippen MR) is 93.6 cm³/mol. The van der Waals surface area contributed by atoms with Crippen LogP contribution in [0, 0.1) is 0 Å². The van der Waals surface area contributed by atoms with Crippen LogP contribution < -0.4 is 4.90 Å². The number of sulfonamides is 1. The number of rotatable bonds is 3. The maximum Gasteiger partial charge on any atom is 0.217 e. The largest absolute Gasteiger partial charge is 0.352 e. The summed E-state index contributed by atoms with van der Waals surface area (Å²) >= 11 is 0. The Morgan fingerprint density at radius 3 is 2.42 bits per heavy atom. The summed E-state index contributed by atoms with van der Waals surface area (Å²) in [6.45, 7) is 2.55. The number of fused-ring (bicyclic) bond motifs is 1. The Kier molecular flexibility index (Phi) is 4.47. The molecule has 1 aliphatic heterocycles. The van der Waals surface area contributed by atoms with E-state index in [0.29, 0.717) is 26.2 Å². The first kappa shape index (κ1) is 16.3. The molecule has 0 bridgehead atoms. The smallest absolute Gasteiger partial charge is 0.217 e. The van der Waals surface area contributed by atoms with E-state index in [4.69, 9.17) is 0 Å². The van der Waals surface area contributed by atoms with Crippen LogP contribution in [0.15, 0.2) is 6.07 Å². The van der Waals surface area contributed by atoms with E-state index in [-0.39, 0.29) is 5.25 Å². The molecule has 0 spiro atoms. The van der Waals surface area contributed by atoms with Crippen molar-refractivity contribution in [2.45, 2.75) is 56.6 Å². The summed E-state index contributed by atoms with van der Waals surface area (Å²) in [6, 6.07) is 2.15. The van der Waals surface area contributed by atoms with E-state index in [1.54, 1.807) is 4.31 Å². The van der Waals surface area contributed by atoms with Crippen molar-refractivity contribution in [2.75, 3.05) is 31.1 Å². The van der Waals surface area contributed by atoms with Crippen molar-refractivity contribution in [3.05, 3.63) is 17.3 Å². The lowest BCUT2D eigenvalue weighted by atomic mass is 10.0. The molecule has 7 heteroatoms. The molecule has 2 fully saturated rings. The molecule has 0 amide bonds. The highest BCUT2D eigenvalue weighted by molar-refractivity contribution is 7.89. The summed E-state index contributed by atoms with van der Waals surface area (Å²) < 4.78 is 27.3. The molecular formula is C17H26N4O2S. The number of hydrogen-bond acceptors (Lipinski definition) is 5. The van der Waals surface area contributed by atoms with E-state index in [2.05, 4.69) is 21.2 Å². The molecule has 2 aliphatic carbocycles. The van der Waals surface area contributed by atoms with Gasteiger partial charge >= 0.3 is 0 Å². The first-order valence-electron chi connectivity index (χ1n) is 9.24. The van der Waals surface area contributed by atoms with Crippen LogP contribution in [-0.2, 0) is 22.9 Å². The highest BCUT2D eigenvalue weighted by Crippen LogP contribution is 2.28. The Balaban J connectivity index is 1.41. The van der Waals surface area contributed by atoms with Gasteiger partial charge in [0.1, 0.15) is 0 Å². The van der Waals surface area contributed by atoms with Gasteiger partial charge in [-0.15, -0.1) is 5.10 Å². The van der Waals surface area contributed by atoms with Crippen molar-refractivity contribution in [1.29, 1.82) is 0 Å². The van der Waals surface area contributed by atoms with Crippen LogP contribution in [0.25, 0.3) is 0 Å². The average Bonchev–Trinajstić information content (AvgIpc) is 3.10. The molecule has 0 aromatic carbocycles. The van der Waals surface area contributed by atoms with Crippen LogP contribution in [-0.4, -0.2) is 54.3 Å². The summed E-state index contributed by atoms with van der Waals surface area (Å²) in [5.74, 6) is 0.908. The molecule has 0 radical (unpaired) electrons. The van der Waals surface area contributed by atoms with E-state index in [1.807, 2.05) is 0 Å². The maximum absolute atomic E-state index is 12.8. The van der Waals surface area contributed by atoms with Crippen molar-refractivity contribution < 1.29 is 8.42 Å². The van der Waals surface area contributed by atoms with Crippen LogP contribution in [0.3, 0.4) is 0 Å². The number of piperazine rings is 1. The Bertz CT molecular complexity index is 693. The molecule has 6 nitrogen and oxygen atoms in total. The number of anilines is 1. The first-order valence-corrected chi connectivity index (χ1v) is 10.7. The third-order valence-electron chi connectivity index (χ3n) is 5.70. The molecule has 1 saturated carbocycles. The van der Waals surface area contributed by atoms with Crippen molar-refractivity contribution >= 4 is 15.8 Å². The normalized spacial score (nSPS) is 23.4. The summed E-state index contributed by atoms with van der Waals surface area (Å²) in [5.41, 5.74) is 2.45. The van der Waals surface area contributed by atoms with Crippen LogP contribution in [0.5, 0.6) is 0 Å². The Hall–Kier alpha value is -1.21. The van der Waals surface area contributed by atoms with E-state index >= 15 is 0 Å². The van der Waals surface area contributed by atoms with E-state index in [9.17, 15) is 8.42 Å². The molecule has 3 aliphatic rings. The fraction of sp³-hybridized carbons (Fsp3) is 0.765. The van der Waals surface area contributed by atoms with Gasteiger partial charge in [0, 0.05) is 26.2 Å². The lowest BCUT2D eigenvalue weighted by molar-refractivity contribution is 0.366. The predicted octanol–water partition coefficient (Wildman–Crippen LogP) is 1.75. The number of nitrogens with zero attached hydrogens (tertiary/aromatic N) is 4. The van der Waals surface area contributed by atoms with Gasteiger partial charge in [-0.3, -0.25) is 0 Å². The van der Waals surface area contributed by atoms with Crippen molar-refractivity contribution in [1.82, 2.24) is 14.5 Å². The molecule has 1 saturated heterocycles. The second-order valence-corrected chi connectivity index (χ2v) is 9.43. The van der Waals surface area contributed by atoms with Gasteiger partial charge in [-0.05, 0) is 43.7 Å². The lowest BCUT2D eigenvalue weighted by Gasteiger charge is -2.37. The Morgan fingerprint density at radius 2 is 1.67 bits per heavy atom. The zero-order chi connectivity index (χ0) is 16.6. The van der Waals surface area contributed by atoms with E-state index in [0.717, 1.165) is 50.0 Å². The minimum absolute atomic E-state index is 0.155. The molecule has 132 valence electrons. The summed E-state index contributed by atoms with van der Waals surface area (Å²) in [4.78, 5) is 2.18. The van der Waals surface area contributed by atoms with E-state index in [1.165, 1.54) is 18.4 Å². The third kappa shape index (κ3) is 3.04. The first-order chi connectivity index (χ1) is 11.6. The van der Waals surface area contributed by atoms with Crippen molar-refractivity contribution in [3.63, 3.8) is 0 Å². The van der Waals surface area contributed by atoms with Crippen LogP contribution in [0.1, 0.15) is 49.8 Å². The Morgan fingerprint density at radius 1 is 0.917 bits per heavy atom. The minimum Gasteiger partial charge on any atom is -0.352 e. The molecule has 0 atom stereocenters. The van der Waals surface area contributed by atoms with Crippen LogP contribution >= 0.6 is 0 Å². The van der Waals surface area contributed by atoms with Crippen LogP contribution in [0.2, 0.25) is 0 Å². The summed E-state index contributed by atoms with van der Waals surface area (Å²) in [5, 5.41) is 8.56. The van der Waals surface area contributed by atoms with Gasteiger partial charge in [0.05, 0.1) is 10.9 Å². The lowest BCUT2D eigenvalue weighted by Crippen LogP contribution is -2.51. The monoisotopic (exact) mass is 350 g/mol. The van der Waals surface area contributed by atoms with Gasteiger partial charge in [0.25, 0.3) is 0 Å². The molecular weight excluding hydrogens is 324 g/mol. The number of aromatic nitrogens is 2. The summed E-state index contributed by atoms with van der Waals surface area (Å²) in [7, 11) is -3.13. The highest BCUT2D eigenvalue weighted by atomic mass is 32.2. The zero-order valence-corrected chi connectivity index (χ0v) is 15.0. The number of aryl methyl sites for hydroxylation is 2. The fourth-order valence-corrected chi connectivity index (χ4v) is 6.24. The molecule has 0 N–H and O–H groups in total. The number of hydrogen-bond donors (Lipinski definition) is 0. The topological polar surface area (TPSA) is 66.4 Å². The second kappa shape index (κ2) is 6.59. The molecule has 24 heavy (non-hydrogen) atoms. The second-order valence-electron chi connectivity index (χ2n) is 7.22. The van der Waals surface area contributed by atoms with E-state index < -0.39 is 10.0 Å². The molecule has 1 aromatic rings. The zero-order valence-electron chi connectivity index (χ0n) is 14.2. The minimum atomic E-state index is -3.13. The van der Waals surface area contributed by atoms with Crippen molar-refractivity contribution in [2.24, 2.45) is 0 Å². The van der Waals surface area contributed by atoms with Gasteiger partial charge < -0.3 is 4.90 Å². The standard InChI is InChI=1S/C17H26N4O2S/c22-24(23,15-6-2-1-3-7-15)21-11-9-20(10-12-21)17-13-14-5-4-8-16(14)18-19-17/h13,15H,1-12H2. The van der Waals surface area contributed by atoms with Gasteiger partial charge in [0.2, 0.25) is 10.0 Å². The molecule has 2 heterocycles. The van der Waals surface area contributed by atoms with Gasteiger partial charge in [-0.25, -0.2) is 8.42 Å². The van der Waals surface area contributed by atoms with Gasteiger partial charge in [-0.2, -0.15) is 9.40 Å². The molecule has 0 unspecified atom stereocenters. The average molecular weight is 350 g/mol. The SMILES string of the molecule is O=S(=O)(C1CCCCC1)N1CCN(c2cc3c(nn2)CCC3)CC1. The third-order valence-corrected chi connectivity index (χ3v) is 8.10. The summed E-state index contributed by atoms with van der Waals surface area (Å²) in [6.07, 6.45) is 8.24. The molecule has 4 rings (SSSR count). The maximum atomic E-state index is 12.8.